The second kappa shape index (κ2) is 6.47. The summed E-state index contributed by atoms with van der Waals surface area (Å²) in [4.78, 5) is 22.3. The predicted molar refractivity (Wildman–Crippen MR) is 73.2 cm³/mol. The smallest absolute Gasteiger partial charge is 0.273 e. The van der Waals surface area contributed by atoms with Crippen LogP contribution in [-0.4, -0.2) is 28.1 Å². The summed E-state index contributed by atoms with van der Waals surface area (Å²) in [6.07, 6.45) is 2.84. The minimum atomic E-state index is -0.515. The summed E-state index contributed by atoms with van der Waals surface area (Å²) in [6.45, 7) is 0. The van der Waals surface area contributed by atoms with Crippen molar-refractivity contribution in [3.05, 3.63) is 39.9 Å². The minimum Gasteiger partial charge on any atom is -0.391 e. The Morgan fingerprint density at radius 2 is 2.05 bits per heavy atom. The molecule has 6 heteroatoms. The Hall–Kier alpha value is -1.95. The third-order valence-corrected chi connectivity index (χ3v) is 3.62. The second-order valence-corrected chi connectivity index (χ2v) is 5.09. The first-order valence-electron chi connectivity index (χ1n) is 6.77. The zero-order chi connectivity index (χ0) is 14.5. The van der Waals surface area contributed by atoms with E-state index >= 15 is 0 Å². The number of benzene rings is 1. The van der Waals surface area contributed by atoms with Crippen LogP contribution in [0.4, 0.5) is 5.69 Å². The molecule has 0 heterocycles. The maximum atomic E-state index is 12.0. The fourth-order valence-corrected chi connectivity index (χ4v) is 2.55. The van der Waals surface area contributed by atoms with Crippen LogP contribution in [0, 0.1) is 10.1 Å². The maximum absolute atomic E-state index is 12.0. The lowest BCUT2D eigenvalue weighted by atomic mass is 9.92. The van der Waals surface area contributed by atoms with E-state index in [1.807, 2.05) is 0 Å². The van der Waals surface area contributed by atoms with Crippen LogP contribution in [0.1, 0.15) is 31.2 Å². The molecule has 0 bridgehead atoms. The highest BCUT2D eigenvalue weighted by atomic mass is 16.6. The Bertz CT molecular complexity index is 504. The average Bonchev–Trinajstić information content (AvgIpc) is 2.41. The van der Waals surface area contributed by atoms with Crippen LogP contribution >= 0.6 is 0 Å². The number of amides is 1. The molecule has 0 unspecified atom stereocenters. The molecule has 0 aromatic heterocycles. The van der Waals surface area contributed by atoms with Gasteiger partial charge in [0.25, 0.3) is 5.69 Å². The molecule has 6 nitrogen and oxygen atoms in total. The number of nitro groups is 1. The number of carbonyl (C=O) groups excluding carboxylic acids is 1. The first kappa shape index (κ1) is 14.5. The Morgan fingerprint density at radius 3 is 2.75 bits per heavy atom. The number of aliphatic hydroxyl groups excluding tert-OH is 1. The van der Waals surface area contributed by atoms with E-state index in [9.17, 15) is 20.0 Å². The summed E-state index contributed by atoms with van der Waals surface area (Å²) in [6, 6.07) is 5.97. The summed E-state index contributed by atoms with van der Waals surface area (Å²) < 4.78 is 0. The van der Waals surface area contributed by atoms with Gasteiger partial charge < -0.3 is 10.4 Å². The molecule has 0 radical (unpaired) electrons. The zero-order valence-electron chi connectivity index (χ0n) is 11.1. The Morgan fingerprint density at radius 1 is 1.35 bits per heavy atom. The number of nitro benzene ring substituents is 1. The van der Waals surface area contributed by atoms with Crippen LogP contribution in [0.3, 0.4) is 0 Å². The summed E-state index contributed by atoms with van der Waals surface area (Å²) in [5, 5.41) is 23.5. The van der Waals surface area contributed by atoms with Crippen molar-refractivity contribution in [1.82, 2.24) is 5.32 Å². The third kappa shape index (κ3) is 3.54. The Kier molecular flexibility index (Phi) is 4.68. The van der Waals surface area contributed by atoms with E-state index in [0.717, 1.165) is 19.3 Å². The first-order chi connectivity index (χ1) is 9.58. The van der Waals surface area contributed by atoms with Crippen LogP contribution in [0.2, 0.25) is 0 Å². The van der Waals surface area contributed by atoms with Gasteiger partial charge in [0, 0.05) is 11.6 Å². The highest BCUT2D eigenvalue weighted by Crippen LogP contribution is 2.20. The van der Waals surface area contributed by atoms with E-state index < -0.39 is 11.0 Å². The van der Waals surface area contributed by atoms with Crippen molar-refractivity contribution in [3.8, 4) is 0 Å². The topological polar surface area (TPSA) is 92.5 Å². The van der Waals surface area contributed by atoms with E-state index in [1.54, 1.807) is 18.2 Å². The summed E-state index contributed by atoms with van der Waals surface area (Å²) >= 11 is 0. The van der Waals surface area contributed by atoms with Gasteiger partial charge in [-0.15, -0.1) is 0 Å². The summed E-state index contributed by atoms with van der Waals surface area (Å²) in [7, 11) is 0. The molecule has 0 aliphatic heterocycles. The molecule has 1 fully saturated rings. The lowest BCUT2D eigenvalue weighted by molar-refractivity contribution is -0.385. The maximum Gasteiger partial charge on any atom is 0.273 e. The van der Waals surface area contributed by atoms with Gasteiger partial charge in [0.1, 0.15) is 0 Å². The highest BCUT2D eigenvalue weighted by Gasteiger charge is 2.25. The van der Waals surface area contributed by atoms with Crippen LogP contribution in [0.15, 0.2) is 24.3 Å². The SMILES string of the molecule is O=C(Cc1ccccc1[N+](=O)[O-])N[C@H]1CCCC[C@@H]1O. The van der Waals surface area contributed by atoms with Crippen molar-refractivity contribution in [3.63, 3.8) is 0 Å². The quantitative estimate of drug-likeness (QED) is 0.645. The normalized spacial score (nSPS) is 22.2. The van der Waals surface area contributed by atoms with E-state index in [2.05, 4.69) is 5.32 Å². The number of aliphatic hydroxyl groups is 1. The Balaban J connectivity index is 1.99. The van der Waals surface area contributed by atoms with Gasteiger partial charge in [-0.2, -0.15) is 0 Å². The zero-order valence-corrected chi connectivity index (χ0v) is 11.1. The lowest BCUT2D eigenvalue weighted by Crippen LogP contribution is -2.45. The van der Waals surface area contributed by atoms with Crippen molar-refractivity contribution in [2.75, 3.05) is 0 Å². The third-order valence-electron chi connectivity index (χ3n) is 3.62. The number of nitrogens with one attached hydrogen (secondary N) is 1. The molecule has 1 aliphatic carbocycles. The largest absolute Gasteiger partial charge is 0.391 e. The predicted octanol–water partition coefficient (Wildman–Crippen LogP) is 1.56. The molecule has 1 aliphatic rings. The molecular weight excluding hydrogens is 260 g/mol. The number of nitrogens with zero attached hydrogens (tertiary/aromatic N) is 1. The van der Waals surface area contributed by atoms with Crippen molar-refractivity contribution in [1.29, 1.82) is 0 Å². The van der Waals surface area contributed by atoms with Crippen LogP contribution in [0.25, 0.3) is 0 Å². The molecule has 0 saturated heterocycles. The summed E-state index contributed by atoms with van der Waals surface area (Å²) in [5.74, 6) is -0.287. The van der Waals surface area contributed by atoms with Gasteiger partial charge in [-0.05, 0) is 12.8 Å². The van der Waals surface area contributed by atoms with Crippen molar-refractivity contribution in [2.45, 2.75) is 44.2 Å². The fraction of sp³-hybridized carbons (Fsp3) is 0.500. The molecule has 20 heavy (non-hydrogen) atoms. The lowest BCUT2D eigenvalue weighted by Gasteiger charge is -2.28. The van der Waals surface area contributed by atoms with E-state index in [-0.39, 0.29) is 24.1 Å². The van der Waals surface area contributed by atoms with Crippen LogP contribution < -0.4 is 5.32 Å². The fourth-order valence-electron chi connectivity index (χ4n) is 2.55. The Labute approximate surface area is 117 Å². The molecule has 1 aromatic carbocycles. The van der Waals surface area contributed by atoms with E-state index in [0.29, 0.717) is 12.0 Å². The molecule has 1 saturated carbocycles. The number of carbonyl (C=O) groups is 1. The van der Waals surface area contributed by atoms with Crippen molar-refractivity contribution >= 4 is 11.6 Å². The van der Waals surface area contributed by atoms with Gasteiger partial charge in [-0.3, -0.25) is 14.9 Å². The van der Waals surface area contributed by atoms with E-state index in [1.165, 1.54) is 6.07 Å². The monoisotopic (exact) mass is 278 g/mol. The van der Waals surface area contributed by atoms with Gasteiger partial charge in [0.15, 0.2) is 0 Å². The van der Waals surface area contributed by atoms with Gasteiger partial charge in [0.2, 0.25) is 5.91 Å². The number of para-hydroxylation sites is 1. The van der Waals surface area contributed by atoms with Gasteiger partial charge in [-0.25, -0.2) is 0 Å². The molecule has 2 atom stereocenters. The number of rotatable bonds is 4. The average molecular weight is 278 g/mol. The van der Waals surface area contributed by atoms with Crippen molar-refractivity contribution < 1.29 is 14.8 Å². The van der Waals surface area contributed by atoms with Crippen LogP contribution in [-0.2, 0) is 11.2 Å². The summed E-state index contributed by atoms with van der Waals surface area (Å²) in [5.41, 5.74) is 0.340. The first-order valence-corrected chi connectivity index (χ1v) is 6.77. The number of hydrogen-bond acceptors (Lipinski definition) is 4. The second-order valence-electron chi connectivity index (χ2n) is 5.09. The minimum absolute atomic E-state index is 0.0413. The standard InChI is InChI=1S/C14H18N2O4/c17-13-8-4-2-6-11(13)15-14(18)9-10-5-1-3-7-12(10)16(19)20/h1,3,5,7,11,13,17H,2,4,6,8-9H2,(H,15,18)/t11-,13-/m0/s1. The molecule has 1 amide bonds. The molecule has 0 spiro atoms. The molecular formula is C14H18N2O4. The molecule has 2 rings (SSSR count). The van der Waals surface area contributed by atoms with Gasteiger partial charge >= 0.3 is 0 Å². The van der Waals surface area contributed by atoms with Gasteiger partial charge in [-0.1, -0.05) is 31.0 Å². The molecule has 1 aromatic rings. The van der Waals surface area contributed by atoms with Gasteiger partial charge in [0.05, 0.1) is 23.5 Å². The van der Waals surface area contributed by atoms with Crippen LogP contribution in [0.5, 0.6) is 0 Å². The van der Waals surface area contributed by atoms with Crippen molar-refractivity contribution in [2.24, 2.45) is 0 Å². The molecule has 108 valence electrons. The molecule has 2 N–H and O–H groups in total. The van der Waals surface area contributed by atoms with E-state index in [4.69, 9.17) is 0 Å². The highest BCUT2D eigenvalue weighted by molar-refractivity contribution is 5.80. The number of hydrogen-bond donors (Lipinski definition) is 2.